The number of hydrogen-bond donors (Lipinski definition) is 1. The molecule has 2 fully saturated rings. The molecule has 3 aliphatic rings. The minimum atomic E-state index is -0.445. The number of nitrogens with one attached hydrogen (secondary N) is 1. The van der Waals surface area contributed by atoms with Crippen LogP contribution in [-0.2, 0) is 9.59 Å². The SMILES string of the molecule is Cc1ccc(N2C[C@@H](C(=O)Nc3ccc4c(c3)C(=O)N3CCCC[C@@H]3CCO4)CC2=O)cc1. The lowest BCUT2D eigenvalue weighted by molar-refractivity contribution is -0.122. The van der Waals surface area contributed by atoms with E-state index >= 15 is 0 Å². The van der Waals surface area contributed by atoms with Gasteiger partial charge in [0.25, 0.3) is 5.91 Å². The molecule has 3 amide bonds. The Labute approximate surface area is 193 Å². The summed E-state index contributed by atoms with van der Waals surface area (Å²) in [5, 5.41) is 2.92. The van der Waals surface area contributed by atoms with Gasteiger partial charge in [-0.2, -0.15) is 0 Å². The highest BCUT2D eigenvalue weighted by molar-refractivity contribution is 6.04. The maximum Gasteiger partial charge on any atom is 0.257 e. The van der Waals surface area contributed by atoms with Gasteiger partial charge in [-0.25, -0.2) is 0 Å². The van der Waals surface area contributed by atoms with Crippen molar-refractivity contribution in [2.24, 2.45) is 5.92 Å². The van der Waals surface area contributed by atoms with Crippen molar-refractivity contribution in [3.63, 3.8) is 0 Å². The first kappa shape index (κ1) is 21.5. The van der Waals surface area contributed by atoms with E-state index in [9.17, 15) is 14.4 Å². The van der Waals surface area contributed by atoms with E-state index in [1.165, 1.54) is 0 Å². The predicted molar refractivity (Wildman–Crippen MR) is 125 cm³/mol. The molecule has 1 N–H and O–H groups in total. The highest BCUT2D eigenvalue weighted by Crippen LogP contribution is 2.32. The van der Waals surface area contributed by atoms with Crippen LogP contribution in [0.25, 0.3) is 0 Å². The number of amides is 3. The monoisotopic (exact) mass is 447 g/mol. The van der Waals surface area contributed by atoms with Crippen LogP contribution >= 0.6 is 0 Å². The summed E-state index contributed by atoms with van der Waals surface area (Å²) in [5.74, 6) is -0.195. The van der Waals surface area contributed by atoms with Crippen molar-refractivity contribution < 1.29 is 19.1 Å². The number of nitrogens with zero attached hydrogens (tertiary/aromatic N) is 2. The van der Waals surface area contributed by atoms with Gasteiger partial charge < -0.3 is 19.9 Å². The second-order valence-corrected chi connectivity index (χ2v) is 9.23. The van der Waals surface area contributed by atoms with Crippen LogP contribution in [0.4, 0.5) is 11.4 Å². The van der Waals surface area contributed by atoms with Crippen LogP contribution in [0, 0.1) is 12.8 Å². The molecule has 2 atom stereocenters. The molecule has 7 heteroatoms. The van der Waals surface area contributed by atoms with E-state index in [2.05, 4.69) is 5.32 Å². The maximum absolute atomic E-state index is 13.3. The molecule has 3 aliphatic heterocycles. The quantitative estimate of drug-likeness (QED) is 0.777. The number of hydrogen-bond acceptors (Lipinski definition) is 4. The van der Waals surface area contributed by atoms with Gasteiger partial charge in [0.15, 0.2) is 0 Å². The smallest absolute Gasteiger partial charge is 0.257 e. The fraction of sp³-hybridized carbons (Fsp3) is 0.423. The standard InChI is InChI=1S/C26H29N3O4/c1-17-5-8-21(9-6-17)29-16-18(14-24(29)30)25(31)27-19-7-10-23-22(15-19)26(32)28-12-3-2-4-20(28)11-13-33-23/h5-10,15,18,20H,2-4,11-14,16H2,1H3,(H,27,31)/t18-,20+/m0/s1. The molecule has 0 unspecified atom stereocenters. The van der Waals surface area contributed by atoms with E-state index in [1.54, 1.807) is 23.1 Å². The Morgan fingerprint density at radius 3 is 2.70 bits per heavy atom. The van der Waals surface area contributed by atoms with Crippen LogP contribution < -0.4 is 15.0 Å². The Bertz CT molecular complexity index is 1080. The molecule has 0 saturated carbocycles. The van der Waals surface area contributed by atoms with Crippen LogP contribution in [0.1, 0.15) is 48.0 Å². The van der Waals surface area contributed by atoms with Crippen molar-refractivity contribution in [3.8, 4) is 5.75 Å². The Kier molecular flexibility index (Phi) is 5.79. The number of benzene rings is 2. The average molecular weight is 448 g/mol. The third-order valence-electron chi connectivity index (χ3n) is 6.92. The van der Waals surface area contributed by atoms with Crippen LogP contribution in [-0.4, -0.2) is 48.4 Å². The first-order valence-corrected chi connectivity index (χ1v) is 11.8. The van der Waals surface area contributed by atoms with Gasteiger partial charge in [-0.05, 0) is 56.5 Å². The van der Waals surface area contributed by atoms with Gasteiger partial charge >= 0.3 is 0 Å². The molecule has 0 radical (unpaired) electrons. The number of carbonyl (C=O) groups excluding carboxylic acids is 3. The molecule has 172 valence electrons. The van der Waals surface area contributed by atoms with E-state index in [0.29, 0.717) is 30.2 Å². The number of ether oxygens (including phenoxy) is 1. The molecule has 0 aliphatic carbocycles. The third-order valence-corrected chi connectivity index (χ3v) is 6.92. The van der Waals surface area contributed by atoms with Crippen molar-refractivity contribution in [1.82, 2.24) is 4.90 Å². The molecule has 0 aromatic heterocycles. The molecule has 33 heavy (non-hydrogen) atoms. The minimum Gasteiger partial charge on any atom is -0.493 e. The van der Waals surface area contributed by atoms with Crippen molar-refractivity contribution in [2.45, 2.75) is 45.1 Å². The lowest BCUT2D eigenvalue weighted by atomic mass is 9.97. The predicted octanol–water partition coefficient (Wildman–Crippen LogP) is 3.76. The van der Waals surface area contributed by atoms with Gasteiger partial charge in [-0.15, -0.1) is 0 Å². The lowest BCUT2D eigenvalue weighted by Crippen LogP contribution is -2.45. The molecule has 2 aromatic carbocycles. The Balaban J connectivity index is 1.31. The highest BCUT2D eigenvalue weighted by atomic mass is 16.5. The highest BCUT2D eigenvalue weighted by Gasteiger charge is 2.36. The summed E-state index contributed by atoms with van der Waals surface area (Å²) in [6.45, 7) is 3.68. The first-order chi connectivity index (χ1) is 16.0. The van der Waals surface area contributed by atoms with Crippen molar-refractivity contribution in [1.29, 1.82) is 0 Å². The zero-order valence-corrected chi connectivity index (χ0v) is 18.9. The van der Waals surface area contributed by atoms with Crippen molar-refractivity contribution in [2.75, 3.05) is 29.9 Å². The Hall–Kier alpha value is -3.35. The fourth-order valence-corrected chi connectivity index (χ4v) is 5.03. The van der Waals surface area contributed by atoms with E-state index < -0.39 is 5.92 Å². The molecule has 2 aromatic rings. The van der Waals surface area contributed by atoms with Crippen LogP contribution in [0.15, 0.2) is 42.5 Å². The van der Waals surface area contributed by atoms with Crippen molar-refractivity contribution >= 4 is 29.1 Å². The molecule has 2 saturated heterocycles. The second-order valence-electron chi connectivity index (χ2n) is 9.23. The van der Waals surface area contributed by atoms with E-state index in [1.807, 2.05) is 36.1 Å². The zero-order valence-electron chi connectivity index (χ0n) is 18.9. The molecule has 3 heterocycles. The summed E-state index contributed by atoms with van der Waals surface area (Å²) < 4.78 is 5.88. The normalized spacial score (nSPS) is 22.7. The topological polar surface area (TPSA) is 79.0 Å². The number of carbonyl (C=O) groups is 3. The number of piperidine rings is 1. The third kappa shape index (κ3) is 4.32. The number of aryl methyl sites for hydroxylation is 1. The average Bonchev–Trinajstić information content (AvgIpc) is 3.21. The van der Waals surface area contributed by atoms with E-state index in [4.69, 9.17) is 4.74 Å². The molecule has 0 bridgehead atoms. The minimum absolute atomic E-state index is 0.0351. The first-order valence-electron chi connectivity index (χ1n) is 11.8. The van der Waals surface area contributed by atoms with Gasteiger partial charge in [-0.3, -0.25) is 14.4 Å². The van der Waals surface area contributed by atoms with Gasteiger partial charge in [0.05, 0.1) is 18.1 Å². The van der Waals surface area contributed by atoms with Crippen LogP contribution in [0.5, 0.6) is 5.75 Å². The summed E-state index contributed by atoms with van der Waals surface area (Å²) in [6.07, 6.45) is 4.17. The van der Waals surface area contributed by atoms with Crippen LogP contribution in [0.2, 0.25) is 0 Å². The van der Waals surface area contributed by atoms with Gasteiger partial charge in [0.1, 0.15) is 5.75 Å². The number of rotatable bonds is 3. The molecular weight excluding hydrogens is 418 g/mol. The fourth-order valence-electron chi connectivity index (χ4n) is 5.03. The summed E-state index contributed by atoms with van der Waals surface area (Å²) in [4.78, 5) is 42.4. The van der Waals surface area contributed by atoms with Crippen molar-refractivity contribution in [3.05, 3.63) is 53.6 Å². The molecule has 7 nitrogen and oxygen atoms in total. The second kappa shape index (κ2) is 8.89. The summed E-state index contributed by atoms with van der Waals surface area (Å²) >= 11 is 0. The number of anilines is 2. The number of fused-ring (bicyclic) bond motifs is 2. The molecule has 5 rings (SSSR count). The van der Waals surface area contributed by atoms with Crippen LogP contribution in [0.3, 0.4) is 0 Å². The van der Waals surface area contributed by atoms with Gasteiger partial charge in [-0.1, -0.05) is 17.7 Å². The lowest BCUT2D eigenvalue weighted by Gasteiger charge is -2.37. The molecule has 0 spiro atoms. The van der Waals surface area contributed by atoms with E-state index in [-0.39, 0.29) is 30.2 Å². The summed E-state index contributed by atoms with van der Waals surface area (Å²) in [5.41, 5.74) is 2.96. The zero-order chi connectivity index (χ0) is 22.9. The Morgan fingerprint density at radius 2 is 1.88 bits per heavy atom. The van der Waals surface area contributed by atoms with Gasteiger partial charge in [0.2, 0.25) is 11.8 Å². The van der Waals surface area contributed by atoms with Gasteiger partial charge in [0, 0.05) is 43.3 Å². The Morgan fingerprint density at radius 1 is 1.06 bits per heavy atom. The largest absolute Gasteiger partial charge is 0.493 e. The maximum atomic E-state index is 13.3. The van der Waals surface area contributed by atoms with E-state index in [0.717, 1.165) is 43.5 Å². The summed E-state index contributed by atoms with van der Waals surface area (Å²) in [6, 6.07) is 13.2. The summed E-state index contributed by atoms with van der Waals surface area (Å²) in [7, 11) is 0. The molecular formula is C26H29N3O4.